The van der Waals surface area contributed by atoms with Gasteiger partial charge in [0, 0.05) is 17.7 Å². The van der Waals surface area contributed by atoms with Gasteiger partial charge in [-0.3, -0.25) is 0 Å². The average molecular weight is 733 g/mol. The number of alkyl halides is 6. The van der Waals surface area contributed by atoms with E-state index >= 15 is 8.78 Å². The number of ether oxygens (including phenoxy) is 3. The highest BCUT2D eigenvalue weighted by atomic mass is 32.2. The molecule has 21 heteroatoms. The molecule has 0 aromatic heterocycles. The molecular weight excluding hydrogens is 716 g/mol. The van der Waals surface area contributed by atoms with Crippen LogP contribution in [0.1, 0.15) is 58.2 Å². The van der Waals surface area contributed by atoms with Crippen LogP contribution < -0.4 is 13.1 Å². The summed E-state index contributed by atoms with van der Waals surface area (Å²) >= 11 is 0. The Balaban J connectivity index is 1.76. The van der Waals surface area contributed by atoms with Crippen molar-refractivity contribution in [3.63, 3.8) is 0 Å². The van der Waals surface area contributed by atoms with Crippen molar-refractivity contribution < 1.29 is 84.1 Å². The summed E-state index contributed by atoms with van der Waals surface area (Å²) in [5, 5.41) is 0. The smallest absolute Gasteiger partial charge is 0.456 e. The number of rotatable bonds is 5. The van der Waals surface area contributed by atoms with Gasteiger partial charge in [-0.25, -0.2) is 18.4 Å². The van der Waals surface area contributed by atoms with E-state index in [0.29, 0.717) is 12.1 Å². The lowest BCUT2D eigenvalue weighted by molar-refractivity contribution is -0.0505. The minimum atomic E-state index is -6.49. The lowest BCUT2D eigenvalue weighted by Gasteiger charge is -2.36. The predicted octanol–water partition coefficient (Wildman–Crippen LogP) is 5.94. The van der Waals surface area contributed by atoms with Crippen LogP contribution in [0.3, 0.4) is 0 Å². The van der Waals surface area contributed by atoms with Crippen LogP contribution in [-0.2, 0) is 35.3 Å². The van der Waals surface area contributed by atoms with Crippen LogP contribution in [0, 0.1) is 11.6 Å². The molecule has 0 saturated carbocycles. The zero-order valence-corrected chi connectivity index (χ0v) is 25.5. The van der Waals surface area contributed by atoms with Gasteiger partial charge in [0.25, 0.3) is 0 Å². The summed E-state index contributed by atoms with van der Waals surface area (Å²) in [6.45, 7) is 4.61. The van der Waals surface area contributed by atoms with Gasteiger partial charge in [-0.05, 0) is 45.0 Å². The van der Waals surface area contributed by atoms with Crippen LogP contribution >= 0.6 is 0 Å². The van der Waals surface area contributed by atoms with E-state index in [9.17, 15) is 52.8 Å². The zero-order chi connectivity index (χ0) is 36.0. The summed E-state index contributed by atoms with van der Waals surface area (Å²) in [5.41, 5.74) is -17.9. The maximum atomic E-state index is 15.3. The first kappa shape index (κ1) is 34.7. The minimum Gasteiger partial charge on any atom is -0.456 e. The standard InChI is InChI=1S/C27H16F8O11S2/c1-24(2,3)43-22(36)11-4-5-13-12(6-11)23(37)44-25(13)14-7-16(28)20(45-47(38,39)26(30,31)32)9-18(14)42-19-10-21(17(29)8-15(19)25)46-48(40,41)27(33,34)35/h4-10H,1-3H3. The molecule has 3 aromatic rings. The largest absolute Gasteiger partial charge is 0.534 e. The Labute approximate surface area is 264 Å². The van der Waals surface area contributed by atoms with E-state index in [1.54, 1.807) is 0 Å². The van der Waals surface area contributed by atoms with E-state index in [1.807, 2.05) is 0 Å². The van der Waals surface area contributed by atoms with Crippen molar-refractivity contribution >= 4 is 32.2 Å². The van der Waals surface area contributed by atoms with E-state index in [-0.39, 0.29) is 23.3 Å². The molecule has 5 rings (SSSR count). The number of esters is 2. The third kappa shape index (κ3) is 5.73. The SMILES string of the molecule is CC(C)(C)OC(=O)c1ccc2c(c1)C(=O)OC21c2cc(F)c(OS(=O)(=O)C(F)(F)F)cc2Oc2cc(OS(=O)(=O)C(F)(F)F)c(F)cc21. The third-order valence-electron chi connectivity index (χ3n) is 6.51. The molecule has 48 heavy (non-hydrogen) atoms. The fraction of sp³-hybridized carbons (Fsp3) is 0.259. The maximum absolute atomic E-state index is 15.3. The molecule has 0 fully saturated rings. The number of hydrogen-bond acceptors (Lipinski definition) is 11. The van der Waals surface area contributed by atoms with Crippen LogP contribution in [0.4, 0.5) is 35.1 Å². The summed E-state index contributed by atoms with van der Waals surface area (Å²) in [5.74, 6) is -10.8. The lowest BCUT2D eigenvalue weighted by atomic mass is 9.77. The van der Waals surface area contributed by atoms with E-state index in [2.05, 4.69) is 8.37 Å². The molecule has 1 spiro atoms. The van der Waals surface area contributed by atoms with Gasteiger partial charge in [0.05, 0.1) is 22.3 Å². The minimum absolute atomic E-state index is 0.218. The van der Waals surface area contributed by atoms with Crippen molar-refractivity contribution in [3.05, 3.63) is 81.9 Å². The Kier molecular flexibility index (Phi) is 7.71. The van der Waals surface area contributed by atoms with Crippen molar-refractivity contribution in [1.29, 1.82) is 0 Å². The van der Waals surface area contributed by atoms with Crippen LogP contribution in [0.5, 0.6) is 23.0 Å². The molecule has 2 aliphatic heterocycles. The topological polar surface area (TPSA) is 149 Å². The highest BCUT2D eigenvalue weighted by molar-refractivity contribution is 7.88. The highest BCUT2D eigenvalue weighted by Gasteiger charge is 2.56. The second-order valence-electron chi connectivity index (χ2n) is 11.0. The van der Waals surface area contributed by atoms with Gasteiger partial charge in [0.15, 0.2) is 28.7 Å². The molecule has 0 bridgehead atoms. The monoisotopic (exact) mass is 732 g/mol. The first-order valence-electron chi connectivity index (χ1n) is 12.8. The molecule has 0 amide bonds. The van der Waals surface area contributed by atoms with E-state index in [1.165, 1.54) is 20.8 Å². The highest BCUT2D eigenvalue weighted by Crippen LogP contribution is 2.58. The quantitative estimate of drug-likeness (QED) is 0.133. The van der Waals surface area contributed by atoms with Crippen molar-refractivity contribution in [3.8, 4) is 23.0 Å². The number of carbonyl (C=O) groups excluding carboxylic acids is 2. The summed E-state index contributed by atoms with van der Waals surface area (Å²) in [4.78, 5) is 25.9. The van der Waals surface area contributed by atoms with Crippen LogP contribution in [0.25, 0.3) is 0 Å². The van der Waals surface area contributed by atoms with Gasteiger partial charge >= 0.3 is 43.2 Å². The number of carbonyl (C=O) groups is 2. The van der Waals surface area contributed by atoms with Crippen LogP contribution in [0.2, 0.25) is 0 Å². The summed E-state index contributed by atoms with van der Waals surface area (Å²) in [6.07, 6.45) is 0. The molecule has 3 aromatic carbocycles. The third-order valence-corrected chi connectivity index (χ3v) is 8.44. The van der Waals surface area contributed by atoms with E-state index in [0.717, 1.165) is 18.2 Å². The predicted molar refractivity (Wildman–Crippen MR) is 141 cm³/mol. The molecular formula is C27H16F8O11S2. The fourth-order valence-corrected chi connectivity index (χ4v) is 5.56. The van der Waals surface area contributed by atoms with Gasteiger partial charge in [-0.1, -0.05) is 6.07 Å². The number of hydrogen-bond donors (Lipinski definition) is 0. The van der Waals surface area contributed by atoms with Gasteiger partial charge in [0.1, 0.15) is 17.1 Å². The van der Waals surface area contributed by atoms with Gasteiger partial charge in [-0.15, -0.1) is 0 Å². The first-order chi connectivity index (χ1) is 21.8. The fourth-order valence-electron chi connectivity index (χ4n) is 4.64. The van der Waals surface area contributed by atoms with Gasteiger partial charge in [-0.2, -0.15) is 43.2 Å². The second-order valence-corrected chi connectivity index (χ2v) is 14.0. The average Bonchev–Trinajstić information content (AvgIpc) is 3.20. The van der Waals surface area contributed by atoms with E-state index < -0.39 is 106 Å². The molecule has 0 N–H and O–H groups in total. The molecule has 258 valence electrons. The molecule has 2 aliphatic rings. The van der Waals surface area contributed by atoms with Crippen LogP contribution in [-0.4, -0.2) is 45.4 Å². The van der Waals surface area contributed by atoms with Crippen molar-refractivity contribution in [2.45, 2.75) is 43.0 Å². The van der Waals surface area contributed by atoms with Gasteiger partial charge in [0.2, 0.25) is 0 Å². The Morgan fingerprint density at radius 2 is 1.19 bits per heavy atom. The van der Waals surface area contributed by atoms with Crippen molar-refractivity contribution in [2.24, 2.45) is 0 Å². The second kappa shape index (κ2) is 10.7. The molecule has 2 heterocycles. The van der Waals surface area contributed by atoms with Crippen molar-refractivity contribution in [2.75, 3.05) is 0 Å². The number of benzene rings is 3. The Bertz CT molecular complexity index is 2020. The summed E-state index contributed by atoms with van der Waals surface area (Å²) in [6, 6.07) is 4.26. The Morgan fingerprint density at radius 1 is 0.729 bits per heavy atom. The summed E-state index contributed by atoms with van der Waals surface area (Å²) < 4.78 is 179. The maximum Gasteiger partial charge on any atom is 0.534 e. The Morgan fingerprint density at radius 3 is 1.60 bits per heavy atom. The lowest BCUT2D eigenvalue weighted by Crippen LogP contribution is -2.34. The summed E-state index contributed by atoms with van der Waals surface area (Å²) in [7, 11) is -13.0. The molecule has 0 aliphatic carbocycles. The van der Waals surface area contributed by atoms with E-state index in [4.69, 9.17) is 14.2 Å². The first-order valence-corrected chi connectivity index (χ1v) is 15.6. The molecule has 0 radical (unpaired) electrons. The zero-order valence-electron chi connectivity index (χ0n) is 23.9. The molecule has 0 unspecified atom stereocenters. The molecule has 0 atom stereocenters. The number of fused-ring (bicyclic) bond motifs is 6. The molecule has 0 saturated heterocycles. The van der Waals surface area contributed by atoms with Crippen molar-refractivity contribution in [1.82, 2.24) is 0 Å². The Hall–Kier alpha value is -4.66. The van der Waals surface area contributed by atoms with Crippen LogP contribution in [0.15, 0.2) is 42.5 Å². The normalized spacial score (nSPS) is 15.5. The molecule has 11 nitrogen and oxygen atoms in total. The van der Waals surface area contributed by atoms with Gasteiger partial charge < -0.3 is 22.6 Å². The number of halogens is 8.